The summed E-state index contributed by atoms with van der Waals surface area (Å²) in [5, 5.41) is 13.4. The van der Waals surface area contributed by atoms with Crippen molar-refractivity contribution >= 4 is 40.7 Å². The standard InChI is InChI=1S/C16H14N2O3S2/c17-8-12-3-1-4-13(7-12)18-15(19)9-21-16(20)11-22-10-14-5-2-6-23-14/h1-7H,9-11H2,(H,18,19). The Kier molecular flexibility index (Phi) is 6.66. The van der Waals surface area contributed by atoms with E-state index in [0.717, 1.165) is 5.75 Å². The molecule has 2 rings (SSSR count). The molecule has 0 aliphatic heterocycles. The van der Waals surface area contributed by atoms with Gasteiger partial charge in [0.2, 0.25) is 0 Å². The molecule has 1 heterocycles. The third-order valence-corrected chi connectivity index (χ3v) is 4.70. The fourth-order valence-electron chi connectivity index (χ4n) is 1.68. The number of esters is 1. The van der Waals surface area contributed by atoms with Crippen LogP contribution in [-0.2, 0) is 20.1 Å². The third-order valence-electron chi connectivity index (χ3n) is 2.68. The largest absolute Gasteiger partial charge is 0.455 e. The van der Waals surface area contributed by atoms with Crippen LogP contribution in [0.15, 0.2) is 41.8 Å². The van der Waals surface area contributed by atoms with Crippen molar-refractivity contribution in [2.75, 3.05) is 17.7 Å². The Morgan fingerprint density at radius 3 is 2.91 bits per heavy atom. The van der Waals surface area contributed by atoms with E-state index in [9.17, 15) is 9.59 Å². The molecule has 1 aromatic heterocycles. The predicted octanol–water partition coefficient (Wildman–Crippen LogP) is 3.03. The van der Waals surface area contributed by atoms with E-state index in [2.05, 4.69) is 5.32 Å². The van der Waals surface area contributed by atoms with Gasteiger partial charge in [-0.05, 0) is 29.6 Å². The Morgan fingerprint density at radius 1 is 1.30 bits per heavy atom. The number of amides is 1. The number of carbonyl (C=O) groups excluding carboxylic acids is 2. The summed E-state index contributed by atoms with van der Waals surface area (Å²) in [6.07, 6.45) is 0. The van der Waals surface area contributed by atoms with Gasteiger partial charge in [-0.2, -0.15) is 5.26 Å². The molecule has 0 fully saturated rings. The topological polar surface area (TPSA) is 79.2 Å². The first-order valence-corrected chi connectivity index (χ1v) is 8.76. The first-order chi connectivity index (χ1) is 11.2. The molecule has 0 saturated heterocycles. The fourth-order valence-corrected chi connectivity index (χ4v) is 3.34. The zero-order valence-electron chi connectivity index (χ0n) is 12.2. The number of thiophene rings is 1. The van der Waals surface area contributed by atoms with Crippen molar-refractivity contribution in [1.29, 1.82) is 5.26 Å². The maximum atomic E-state index is 11.7. The molecule has 23 heavy (non-hydrogen) atoms. The van der Waals surface area contributed by atoms with Crippen molar-refractivity contribution < 1.29 is 14.3 Å². The molecular weight excluding hydrogens is 332 g/mol. The number of anilines is 1. The minimum Gasteiger partial charge on any atom is -0.455 e. The number of rotatable bonds is 7. The molecule has 0 spiro atoms. The van der Waals surface area contributed by atoms with Gasteiger partial charge in [-0.15, -0.1) is 23.1 Å². The number of hydrogen-bond donors (Lipinski definition) is 1. The summed E-state index contributed by atoms with van der Waals surface area (Å²) in [5.74, 6) is 0.0961. The van der Waals surface area contributed by atoms with Gasteiger partial charge in [0.15, 0.2) is 6.61 Å². The highest BCUT2D eigenvalue weighted by atomic mass is 32.2. The SMILES string of the molecule is N#Cc1cccc(NC(=O)COC(=O)CSCc2cccs2)c1. The van der Waals surface area contributed by atoms with Crippen molar-refractivity contribution in [2.45, 2.75) is 5.75 Å². The van der Waals surface area contributed by atoms with Gasteiger partial charge in [0.25, 0.3) is 5.91 Å². The molecule has 1 N–H and O–H groups in total. The van der Waals surface area contributed by atoms with E-state index in [4.69, 9.17) is 10.00 Å². The smallest absolute Gasteiger partial charge is 0.316 e. The van der Waals surface area contributed by atoms with Gasteiger partial charge in [0, 0.05) is 16.3 Å². The average molecular weight is 346 g/mol. The average Bonchev–Trinajstić information content (AvgIpc) is 3.06. The second-order valence-electron chi connectivity index (χ2n) is 4.47. The van der Waals surface area contributed by atoms with Crippen LogP contribution in [-0.4, -0.2) is 24.2 Å². The molecule has 1 amide bonds. The Balaban J connectivity index is 1.67. The molecule has 0 saturated carbocycles. The van der Waals surface area contributed by atoms with E-state index >= 15 is 0 Å². The van der Waals surface area contributed by atoms with Crippen molar-refractivity contribution in [3.05, 3.63) is 52.2 Å². The Morgan fingerprint density at radius 2 is 2.17 bits per heavy atom. The number of carbonyl (C=O) groups is 2. The van der Waals surface area contributed by atoms with Crippen LogP contribution in [0.4, 0.5) is 5.69 Å². The Labute approximate surface area is 142 Å². The molecule has 0 aliphatic rings. The zero-order valence-corrected chi connectivity index (χ0v) is 13.8. The summed E-state index contributed by atoms with van der Waals surface area (Å²) < 4.78 is 4.92. The highest BCUT2D eigenvalue weighted by Gasteiger charge is 2.08. The molecule has 7 heteroatoms. The lowest BCUT2D eigenvalue weighted by Gasteiger charge is -2.06. The highest BCUT2D eigenvalue weighted by Crippen LogP contribution is 2.17. The summed E-state index contributed by atoms with van der Waals surface area (Å²) in [4.78, 5) is 24.5. The predicted molar refractivity (Wildman–Crippen MR) is 91.2 cm³/mol. The maximum absolute atomic E-state index is 11.7. The third kappa shape index (κ3) is 6.14. The molecule has 0 atom stereocenters. The number of hydrogen-bond acceptors (Lipinski definition) is 6. The van der Waals surface area contributed by atoms with Gasteiger partial charge >= 0.3 is 5.97 Å². The second kappa shape index (κ2) is 8.98. The maximum Gasteiger partial charge on any atom is 0.316 e. The van der Waals surface area contributed by atoms with Crippen molar-refractivity contribution in [2.24, 2.45) is 0 Å². The quantitative estimate of drug-likeness (QED) is 0.780. The second-order valence-corrected chi connectivity index (χ2v) is 6.49. The normalized spacial score (nSPS) is 9.87. The van der Waals surface area contributed by atoms with Crippen LogP contribution in [0.1, 0.15) is 10.4 Å². The first-order valence-electron chi connectivity index (χ1n) is 6.73. The van der Waals surface area contributed by atoms with Crippen molar-refractivity contribution in [3.8, 4) is 6.07 Å². The van der Waals surface area contributed by atoms with E-state index < -0.39 is 11.9 Å². The number of thioether (sulfide) groups is 1. The van der Waals surface area contributed by atoms with E-state index in [0.29, 0.717) is 11.3 Å². The molecular formula is C16H14N2O3S2. The van der Waals surface area contributed by atoms with Crippen LogP contribution >= 0.6 is 23.1 Å². The molecule has 2 aromatic rings. The molecule has 1 aromatic carbocycles. The van der Waals surface area contributed by atoms with Crippen molar-refractivity contribution in [1.82, 2.24) is 0 Å². The van der Waals surface area contributed by atoms with E-state index in [1.54, 1.807) is 35.6 Å². The Hall–Kier alpha value is -2.30. The number of nitrogens with zero attached hydrogens (tertiary/aromatic N) is 1. The molecule has 0 bridgehead atoms. The van der Waals surface area contributed by atoms with Crippen LogP contribution in [0.5, 0.6) is 0 Å². The minimum atomic E-state index is -0.434. The summed E-state index contributed by atoms with van der Waals surface area (Å²) in [5.41, 5.74) is 0.946. The van der Waals surface area contributed by atoms with Crippen LogP contribution in [0, 0.1) is 11.3 Å². The highest BCUT2D eigenvalue weighted by molar-refractivity contribution is 7.99. The number of benzene rings is 1. The van der Waals surface area contributed by atoms with Crippen molar-refractivity contribution in [3.63, 3.8) is 0 Å². The van der Waals surface area contributed by atoms with Gasteiger partial charge < -0.3 is 10.1 Å². The number of nitrogens with one attached hydrogen (secondary N) is 1. The first kappa shape index (κ1) is 17.1. The Bertz CT molecular complexity index is 708. The molecule has 0 aliphatic carbocycles. The van der Waals surface area contributed by atoms with E-state index in [1.165, 1.54) is 16.6 Å². The summed E-state index contributed by atoms with van der Waals surface area (Å²) in [6.45, 7) is -0.338. The summed E-state index contributed by atoms with van der Waals surface area (Å²) >= 11 is 3.08. The molecule has 118 valence electrons. The van der Waals surface area contributed by atoms with E-state index in [1.807, 2.05) is 23.6 Å². The van der Waals surface area contributed by atoms with Gasteiger partial charge in [-0.25, -0.2) is 0 Å². The molecule has 0 unspecified atom stereocenters. The fraction of sp³-hybridized carbons (Fsp3) is 0.188. The summed E-state index contributed by atoms with van der Waals surface area (Å²) in [7, 11) is 0. The summed E-state index contributed by atoms with van der Waals surface area (Å²) in [6, 6.07) is 12.5. The van der Waals surface area contributed by atoms with Crippen LogP contribution in [0.2, 0.25) is 0 Å². The van der Waals surface area contributed by atoms with Gasteiger partial charge in [0.1, 0.15) is 0 Å². The van der Waals surface area contributed by atoms with E-state index in [-0.39, 0.29) is 12.4 Å². The molecule has 5 nitrogen and oxygen atoms in total. The van der Waals surface area contributed by atoms with Gasteiger partial charge in [-0.1, -0.05) is 12.1 Å². The lowest BCUT2D eigenvalue weighted by Crippen LogP contribution is -2.21. The van der Waals surface area contributed by atoms with Crippen LogP contribution in [0.3, 0.4) is 0 Å². The zero-order chi connectivity index (χ0) is 16.5. The lowest BCUT2D eigenvalue weighted by atomic mass is 10.2. The molecule has 0 radical (unpaired) electrons. The van der Waals surface area contributed by atoms with Crippen LogP contribution in [0.25, 0.3) is 0 Å². The number of ether oxygens (including phenoxy) is 1. The van der Waals surface area contributed by atoms with Gasteiger partial charge in [-0.3, -0.25) is 9.59 Å². The van der Waals surface area contributed by atoms with Crippen LogP contribution < -0.4 is 5.32 Å². The lowest BCUT2D eigenvalue weighted by molar-refractivity contribution is -0.144. The van der Waals surface area contributed by atoms with Gasteiger partial charge in [0.05, 0.1) is 17.4 Å². The number of nitriles is 1. The monoisotopic (exact) mass is 346 g/mol. The minimum absolute atomic E-state index is 0.203.